The Morgan fingerprint density at radius 2 is 0.958 bits per heavy atom. The molecule has 2 aromatic heterocycles. The van der Waals surface area contributed by atoms with Gasteiger partial charge >= 0.3 is 0 Å². The first kappa shape index (κ1) is 27.4. The number of hydrogen-bond acceptors (Lipinski definition) is 2. The lowest BCUT2D eigenvalue weighted by Gasteiger charge is -2.15. The number of fused-ring (bicyclic) bond motifs is 6. The first-order valence-corrected chi connectivity index (χ1v) is 15.9. The molecule has 7 aromatic carbocycles. The third-order valence-electron chi connectivity index (χ3n) is 9.41. The molecular weight excluding hydrogens is 585 g/mol. The van der Waals surface area contributed by atoms with Crippen LogP contribution in [0.15, 0.2) is 158 Å². The second-order valence-corrected chi connectivity index (χ2v) is 12.0. The van der Waals surface area contributed by atoms with Crippen molar-refractivity contribution >= 4 is 43.6 Å². The Kier molecular flexibility index (Phi) is 6.22. The molecule has 0 saturated carbocycles. The first-order valence-electron chi connectivity index (χ1n) is 15.9. The number of rotatable bonds is 4. The van der Waals surface area contributed by atoms with Crippen LogP contribution >= 0.6 is 0 Å². The van der Waals surface area contributed by atoms with E-state index in [2.05, 4.69) is 137 Å². The highest BCUT2D eigenvalue weighted by Gasteiger charge is 2.18. The number of benzene rings is 7. The van der Waals surface area contributed by atoms with Gasteiger partial charge in [-0.05, 0) is 65.2 Å². The van der Waals surface area contributed by atoms with Gasteiger partial charge in [0.2, 0.25) is 0 Å². The van der Waals surface area contributed by atoms with Gasteiger partial charge in [0.15, 0.2) is 0 Å². The molecule has 9 rings (SSSR count). The predicted octanol–water partition coefficient (Wildman–Crippen LogP) is 11.0. The molecule has 0 aliphatic rings. The molecule has 0 bridgehead atoms. The van der Waals surface area contributed by atoms with E-state index in [0.717, 1.165) is 66.5 Å². The quantitative estimate of drug-likeness (QED) is 0.199. The summed E-state index contributed by atoms with van der Waals surface area (Å²) in [5.41, 5.74) is 11.2. The molecule has 0 fully saturated rings. The van der Waals surface area contributed by atoms with E-state index in [9.17, 15) is 10.5 Å². The highest BCUT2D eigenvalue weighted by Crippen LogP contribution is 2.39. The summed E-state index contributed by atoms with van der Waals surface area (Å²) in [5, 5.41) is 25.1. The van der Waals surface area contributed by atoms with Crippen molar-refractivity contribution in [2.75, 3.05) is 0 Å². The van der Waals surface area contributed by atoms with Gasteiger partial charge < -0.3 is 9.13 Å². The number of para-hydroxylation sites is 5. The van der Waals surface area contributed by atoms with Crippen molar-refractivity contribution in [2.24, 2.45) is 0 Å². The Morgan fingerprint density at radius 3 is 1.67 bits per heavy atom. The minimum Gasteiger partial charge on any atom is -0.309 e. The van der Waals surface area contributed by atoms with E-state index in [1.165, 1.54) is 10.8 Å². The number of nitrogens with zero attached hydrogens (tertiary/aromatic N) is 4. The van der Waals surface area contributed by atoms with Crippen LogP contribution in [0.3, 0.4) is 0 Å². The van der Waals surface area contributed by atoms with Gasteiger partial charge in [0.05, 0.1) is 45.0 Å². The van der Waals surface area contributed by atoms with Crippen molar-refractivity contribution in [3.63, 3.8) is 0 Å². The van der Waals surface area contributed by atoms with Crippen molar-refractivity contribution in [1.29, 1.82) is 10.5 Å². The monoisotopic (exact) mass is 610 g/mol. The summed E-state index contributed by atoms with van der Waals surface area (Å²) in [4.78, 5) is 0. The average Bonchev–Trinajstić information content (AvgIpc) is 3.68. The maximum absolute atomic E-state index is 10.5. The fourth-order valence-electron chi connectivity index (χ4n) is 7.34. The zero-order valence-electron chi connectivity index (χ0n) is 25.8. The molecule has 0 aliphatic heterocycles. The van der Waals surface area contributed by atoms with Crippen LogP contribution in [0.2, 0.25) is 0 Å². The number of nitriles is 2. The van der Waals surface area contributed by atoms with Crippen LogP contribution in [0.25, 0.3) is 77.2 Å². The molecule has 4 nitrogen and oxygen atoms in total. The third-order valence-corrected chi connectivity index (χ3v) is 9.41. The van der Waals surface area contributed by atoms with Gasteiger partial charge in [0, 0.05) is 32.8 Å². The SMILES string of the molecule is N#Cc1cc(-c2ccccc2-n2c3ccccc3c3ccccc32)ccc1-c1cccc(-n2c3ccccc3c3cccc(C#N)c32)c1. The average molecular weight is 611 g/mol. The Hall–Kier alpha value is -6.88. The van der Waals surface area contributed by atoms with E-state index in [4.69, 9.17) is 0 Å². The fourth-order valence-corrected chi connectivity index (χ4v) is 7.34. The lowest BCUT2D eigenvalue weighted by atomic mass is 9.94. The maximum atomic E-state index is 10.5. The Morgan fingerprint density at radius 1 is 0.396 bits per heavy atom. The van der Waals surface area contributed by atoms with Crippen molar-refractivity contribution in [3.8, 4) is 45.8 Å². The van der Waals surface area contributed by atoms with Crippen LogP contribution in [0.4, 0.5) is 0 Å². The molecule has 48 heavy (non-hydrogen) atoms. The van der Waals surface area contributed by atoms with E-state index < -0.39 is 0 Å². The van der Waals surface area contributed by atoms with Crippen LogP contribution in [-0.4, -0.2) is 9.13 Å². The van der Waals surface area contributed by atoms with Gasteiger partial charge in [0.1, 0.15) is 6.07 Å². The number of aromatic nitrogens is 2. The van der Waals surface area contributed by atoms with Crippen LogP contribution in [0.1, 0.15) is 11.1 Å². The van der Waals surface area contributed by atoms with Gasteiger partial charge in [-0.1, -0.05) is 109 Å². The van der Waals surface area contributed by atoms with E-state index in [1.807, 2.05) is 42.5 Å². The fraction of sp³-hybridized carbons (Fsp3) is 0. The van der Waals surface area contributed by atoms with Crippen LogP contribution in [0, 0.1) is 22.7 Å². The summed E-state index contributed by atoms with van der Waals surface area (Å²) < 4.78 is 4.49. The molecule has 2 heterocycles. The molecule has 4 heteroatoms. The van der Waals surface area contributed by atoms with E-state index in [1.54, 1.807) is 0 Å². The predicted molar refractivity (Wildman–Crippen MR) is 195 cm³/mol. The summed E-state index contributed by atoms with van der Waals surface area (Å²) in [7, 11) is 0. The van der Waals surface area contributed by atoms with Crippen molar-refractivity contribution in [2.45, 2.75) is 0 Å². The van der Waals surface area contributed by atoms with Gasteiger partial charge in [0.25, 0.3) is 0 Å². The summed E-state index contributed by atoms with van der Waals surface area (Å²) in [6.07, 6.45) is 0. The molecule has 0 spiro atoms. The van der Waals surface area contributed by atoms with Gasteiger partial charge in [-0.2, -0.15) is 10.5 Å². The zero-order valence-corrected chi connectivity index (χ0v) is 25.8. The van der Waals surface area contributed by atoms with E-state index in [-0.39, 0.29) is 0 Å². The lowest BCUT2D eigenvalue weighted by Crippen LogP contribution is -1.98. The summed E-state index contributed by atoms with van der Waals surface area (Å²) >= 11 is 0. The smallest absolute Gasteiger partial charge is 0.101 e. The van der Waals surface area contributed by atoms with Gasteiger partial charge in [-0.15, -0.1) is 0 Å². The molecule has 0 amide bonds. The van der Waals surface area contributed by atoms with E-state index in [0.29, 0.717) is 11.1 Å². The molecule has 0 N–H and O–H groups in total. The standard InChI is InChI=1S/C44H26N4/c45-27-31-12-10-18-39-38-17-4-6-20-41(38)47(44(31)39)33-13-9-11-29(26-33)34-24-23-30(25-32(34)28-46)35-14-1-5-19-40(35)48-42-21-7-2-15-36(42)37-16-3-8-22-43(37)48/h1-26H. The lowest BCUT2D eigenvalue weighted by molar-refractivity contribution is 1.18. The minimum absolute atomic E-state index is 0.599. The molecular formula is C44H26N4. The second-order valence-electron chi connectivity index (χ2n) is 12.0. The highest BCUT2D eigenvalue weighted by atomic mass is 15.0. The third kappa shape index (κ3) is 4.07. The largest absolute Gasteiger partial charge is 0.309 e. The molecule has 0 unspecified atom stereocenters. The van der Waals surface area contributed by atoms with Crippen LogP contribution in [-0.2, 0) is 0 Å². The number of hydrogen-bond donors (Lipinski definition) is 0. The van der Waals surface area contributed by atoms with E-state index >= 15 is 0 Å². The van der Waals surface area contributed by atoms with Crippen molar-refractivity contribution < 1.29 is 0 Å². The Bertz CT molecular complexity index is 2760. The second kappa shape index (κ2) is 10.9. The van der Waals surface area contributed by atoms with Crippen LogP contribution in [0.5, 0.6) is 0 Å². The molecule has 0 atom stereocenters. The summed E-state index contributed by atoms with van der Waals surface area (Å²) in [5.74, 6) is 0. The maximum Gasteiger partial charge on any atom is 0.101 e. The summed E-state index contributed by atoms with van der Waals surface area (Å²) in [6.45, 7) is 0. The minimum atomic E-state index is 0.599. The first-order chi connectivity index (χ1) is 23.7. The zero-order chi connectivity index (χ0) is 32.2. The molecule has 0 aliphatic carbocycles. The normalized spacial score (nSPS) is 11.3. The van der Waals surface area contributed by atoms with Gasteiger partial charge in [-0.25, -0.2) is 0 Å². The Balaban J connectivity index is 1.20. The van der Waals surface area contributed by atoms with Crippen molar-refractivity contribution in [1.82, 2.24) is 9.13 Å². The topological polar surface area (TPSA) is 57.4 Å². The van der Waals surface area contributed by atoms with Gasteiger partial charge in [-0.3, -0.25) is 0 Å². The summed E-state index contributed by atoms with van der Waals surface area (Å²) in [6, 6.07) is 58.8. The van der Waals surface area contributed by atoms with Crippen molar-refractivity contribution in [3.05, 3.63) is 169 Å². The van der Waals surface area contributed by atoms with Crippen LogP contribution < -0.4 is 0 Å². The molecule has 222 valence electrons. The molecule has 0 saturated heterocycles. The molecule has 0 radical (unpaired) electrons. The Labute approximate surface area is 277 Å². The highest BCUT2D eigenvalue weighted by molar-refractivity contribution is 6.11. The molecule has 9 aromatic rings.